The van der Waals surface area contributed by atoms with Gasteiger partial charge in [0.2, 0.25) is 15.9 Å². The van der Waals surface area contributed by atoms with E-state index in [4.69, 9.17) is 9.47 Å². The van der Waals surface area contributed by atoms with Crippen LogP contribution in [0.5, 0.6) is 11.5 Å². The van der Waals surface area contributed by atoms with Crippen molar-refractivity contribution in [3.05, 3.63) is 48.0 Å². The lowest BCUT2D eigenvalue weighted by atomic mass is 10.2. The largest absolute Gasteiger partial charge is 0.497 e. The first-order valence-electron chi connectivity index (χ1n) is 8.12. The number of halogens is 3. The maximum absolute atomic E-state index is 13.0. The van der Waals surface area contributed by atoms with Crippen LogP contribution in [0.1, 0.15) is 5.56 Å². The Morgan fingerprint density at radius 3 is 2.34 bits per heavy atom. The number of carbonyl (C=O) groups excluding carboxylic acids is 1. The van der Waals surface area contributed by atoms with Gasteiger partial charge in [-0.1, -0.05) is 6.07 Å². The van der Waals surface area contributed by atoms with Crippen LogP contribution in [0.2, 0.25) is 0 Å². The standard InChI is InChI=1S/C18H19F3N2O5S/c1-27-14-7-8-16(28-2)15(10-14)22-17(24)11-23(29(3,25)26)13-6-4-5-12(9-13)18(19,20)21/h4-10H,11H2,1-3H3,(H,22,24). The van der Waals surface area contributed by atoms with Crippen molar-refractivity contribution in [3.8, 4) is 11.5 Å². The summed E-state index contributed by atoms with van der Waals surface area (Å²) in [6.45, 7) is -0.736. The molecule has 0 heterocycles. The molecule has 0 aliphatic carbocycles. The van der Waals surface area contributed by atoms with Crippen molar-refractivity contribution in [2.75, 3.05) is 36.6 Å². The zero-order valence-corrected chi connectivity index (χ0v) is 16.6. The summed E-state index contributed by atoms with van der Waals surface area (Å²) >= 11 is 0. The summed E-state index contributed by atoms with van der Waals surface area (Å²) in [6, 6.07) is 8.32. The van der Waals surface area contributed by atoms with Gasteiger partial charge in [0.25, 0.3) is 0 Å². The molecule has 0 saturated carbocycles. The van der Waals surface area contributed by atoms with Crippen LogP contribution in [0.3, 0.4) is 0 Å². The normalized spacial score (nSPS) is 11.7. The van der Waals surface area contributed by atoms with Crippen molar-refractivity contribution in [2.24, 2.45) is 0 Å². The molecule has 2 aromatic carbocycles. The highest BCUT2D eigenvalue weighted by atomic mass is 32.2. The molecule has 11 heteroatoms. The maximum atomic E-state index is 13.0. The number of hydrogen-bond donors (Lipinski definition) is 1. The van der Waals surface area contributed by atoms with Gasteiger partial charge in [0.15, 0.2) is 0 Å². The monoisotopic (exact) mass is 432 g/mol. The number of rotatable bonds is 7. The van der Waals surface area contributed by atoms with E-state index < -0.39 is 34.2 Å². The molecule has 0 saturated heterocycles. The Labute approximate surface area is 166 Å². The molecule has 0 atom stereocenters. The Morgan fingerprint density at radius 2 is 1.79 bits per heavy atom. The molecule has 2 aromatic rings. The molecule has 0 bridgehead atoms. The van der Waals surface area contributed by atoms with E-state index in [2.05, 4.69) is 5.32 Å². The topological polar surface area (TPSA) is 84.9 Å². The molecule has 158 valence electrons. The summed E-state index contributed by atoms with van der Waals surface area (Å²) in [4.78, 5) is 12.5. The lowest BCUT2D eigenvalue weighted by Crippen LogP contribution is -2.37. The molecular formula is C18H19F3N2O5S. The Balaban J connectivity index is 2.32. The fraction of sp³-hybridized carbons (Fsp3) is 0.278. The molecule has 0 aliphatic heterocycles. The minimum Gasteiger partial charge on any atom is -0.497 e. The Morgan fingerprint density at radius 1 is 1.10 bits per heavy atom. The molecule has 0 fully saturated rings. The molecule has 7 nitrogen and oxygen atoms in total. The third-order valence-corrected chi connectivity index (χ3v) is 4.97. The van der Waals surface area contributed by atoms with Crippen LogP contribution < -0.4 is 19.1 Å². The Bertz CT molecular complexity index is 993. The van der Waals surface area contributed by atoms with E-state index in [-0.39, 0.29) is 11.4 Å². The summed E-state index contributed by atoms with van der Waals surface area (Å²) in [5.74, 6) is -0.0672. The molecular weight excluding hydrogens is 413 g/mol. The van der Waals surface area contributed by atoms with Gasteiger partial charge in [-0.25, -0.2) is 8.42 Å². The number of methoxy groups -OCH3 is 2. The molecule has 1 N–H and O–H groups in total. The number of sulfonamides is 1. The first-order chi connectivity index (χ1) is 13.5. The average Bonchev–Trinajstić information content (AvgIpc) is 2.64. The van der Waals surface area contributed by atoms with Crippen LogP contribution in [0.15, 0.2) is 42.5 Å². The van der Waals surface area contributed by atoms with E-state index in [0.717, 1.165) is 18.4 Å². The molecule has 0 unspecified atom stereocenters. The average molecular weight is 432 g/mol. The number of benzene rings is 2. The molecule has 0 aliphatic rings. The SMILES string of the molecule is COc1ccc(OC)c(NC(=O)CN(c2cccc(C(F)(F)F)c2)S(C)(=O)=O)c1. The van der Waals surface area contributed by atoms with Gasteiger partial charge < -0.3 is 14.8 Å². The summed E-state index contributed by atoms with van der Waals surface area (Å²) in [5, 5.41) is 2.48. The number of nitrogens with zero attached hydrogens (tertiary/aromatic N) is 1. The number of anilines is 2. The highest BCUT2D eigenvalue weighted by Crippen LogP contribution is 2.32. The Kier molecular flexibility index (Phi) is 6.62. The van der Waals surface area contributed by atoms with Crippen molar-refractivity contribution in [3.63, 3.8) is 0 Å². The van der Waals surface area contributed by atoms with Crippen molar-refractivity contribution >= 4 is 27.3 Å². The summed E-state index contributed by atoms with van der Waals surface area (Å²) < 4.78 is 73.9. The van der Waals surface area contributed by atoms with E-state index in [1.807, 2.05) is 0 Å². The van der Waals surface area contributed by atoms with E-state index in [0.29, 0.717) is 21.9 Å². The van der Waals surface area contributed by atoms with Crippen LogP contribution in [0.25, 0.3) is 0 Å². The van der Waals surface area contributed by atoms with Gasteiger partial charge in [0.1, 0.15) is 18.0 Å². The predicted octanol–water partition coefficient (Wildman–Crippen LogP) is 3.13. The van der Waals surface area contributed by atoms with Crippen LogP contribution in [0.4, 0.5) is 24.5 Å². The zero-order chi connectivity index (χ0) is 21.8. The Hall–Kier alpha value is -2.95. The number of hydrogen-bond acceptors (Lipinski definition) is 5. The minimum atomic E-state index is -4.66. The predicted molar refractivity (Wildman–Crippen MR) is 102 cm³/mol. The van der Waals surface area contributed by atoms with Crippen molar-refractivity contribution in [1.82, 2.24) is 0 Å². The van der Waals surface area contributed by atoms with Gasteiger partial charge in [-0.2, -0.15) is 13.2 Å². The maximum Gasteiger partial charge on any atom is 0.416 e. The van der Waals surface area contributed by atoms with Crippen molar-refractivity contribution in [2.45, 2.75) is 6.18 Å². The lowest BCUT2D eigenvalue weighted by molar-refractivity contribution is -0.137. The first kappa shape index (κ1) is 22.3. The van der Waals surface area contributed by atoms with Crippen LogP contribution >= 0.6 is 0 Å². The second kappa shape index (κ2) is 8.60. The molecule has 0 spiro atoms. The van der Waals surface area contributed by atoms with Gasteiger partial charge in [0, 0.05) is 6.07 Å². The van der Waals surface area contributed by atoms with E-state index in [1.54, 1.807) is 6.07 Å². The van der Waals surface area contributed by atoms with Crippen molar-refractivity contribution < 1.29 is 35.9 Å². The summed E-state index contributed by atoms with van der Waals surface area (Å²) in [7, 11) is -1.25. The van der Waals surface area contributed by atoms with E-state index in [1.165, 1.54) is 32.4 Å². The number of nitrogens with one attached hydrogen (secondary N) is 1. The van der Waals surface area contributed by atoms with Gasteiger partial charge in [-0.15, -0.1) is 0 Å². The lowest BCUT2D eigenvalue weighted by Gasteiger charge is -2.23. The van der Waals surface area contributed by atoms with Crippen LogP contribution in [0, 0.1) is 0 Å². The van der Waals surface area contributed by atoms with E-state index in [9.17, 15) is 26.4 Å². The highest BCUT2D eigenvalue weighted by molar-refractivity contribution is 7.92. The first-order valence-corrected chi connectivity index (χ1v) is 9.97. The number of alkyl halides is 3. The third kappa shape index (κ3) is 5.76. The molecule has 2 rings (SSSR count). The van der Waals surface area contributed by atoms with Crippen LogP contribution in [-0.4, -0.2) is 41.3 Å². The van der Waals surface area contributed by atoms with Gasteiger partial charge in [-0.05, 0) is 30.3 Å². The van der Waals surface area contributed by atoms with Gasteiger partial charge in [0.05, 0.1) is 37.4 Å². The quantitative estimate of drug-likeness (QED) is 0.727. The zero-order valence-electron chi connectivity index (χ0n) is 15.8. The fourth-order valence-electron chi connectivity index (χ4n) is 2.47. The molecule has 0 aromatic heterocycles. The van der Waals surface area contributed by atoms with E-state index >= 15 is 0 Å². The fourth-order valence-corrected chi connectivity index (χ4v) is 3.32. The third-order valence-electron chi connectivity index (χ3n) is 3.83. The number of ether oxygens (including phenoxy) is 2. The van der Waals surface area contributed by atoms with Crippen molar-refractivity contribution in [1.29, 1.82) is 0 Å². The molecule has 0 radical (unpaired) electrons. The van der Waals surface area contributed by atoms with Gasteiger partial charge in [-0.3, -0.25) is 9.10 Å². The number of carbonyl (C=O) groups is 1. The second-order valence-electron chi connectivity index (χ2n) is 5.93. The summed E-state index contributed by atoms with van der Waals surface area (Å²) in [6.07, 6.45) is -3.86. The van der Waals surface area contributed by atoms with Crippen LogP contribution in [-0.2, 0) is 21.0 Å². The van der Waals surface area contributed by atoms with Gasteiger partial charge >= 0.3 is 6.18 Å². The summed E-state index contributed by atoms with van der Waals surface area (Å²) in [5.41, 5.74) is -1.09. The number of amides is 1. The molecule has 1 amide bonds. The highest BCUT2D eigenvalue weighted by Gasteiger charge is 2.32. The second-order valence-corrected chi connectivity index (χ2v) is 7.84. The smallest absolute Gasteiger partial charge is 0.416 e. The molecule has 29 heavy (non-hydrogen) atoms. The minimum absolute atomic E-state index is 0.217.